The maximum absolute atomic E-state index is 13.4. The van der Waals surface area contributed by atoms with Crippen molar-refractivity contribution in [2.75, 3.05) is 5.32 Å². The van der Waals surface area contributed by atoms with E-state index in [0.29, 0.717) is 21.8 Å². The Morgan fingerprint density at radius 2 is 2.00 bits per heavy atom. The van der Waals surface area contributed by atoms with Gasteiger partial charge in [-0.1, -0.05) is 17.7 Å². The molecule has 2 rings (SSSR count). The molecule has 1 N–H and O–H groups in total. The van der Waals surface area contributed by atoms with Crippen LogP contribution in [0.5, 0.6) is 0 Å². The Morgan fingerprint density at radius 3 is 2.63 bits per heavy atom. The summed E-state index contributed by atoms with van der Waals surface area (Å²) in [5.41, 5.74) is 1.48. The molecule has 2 nitrogen and oxygen atoms in total. The summed E-state index contributed by atoms with van der Waals surface area (Å²) in [6.45, 7) is 1.67. The third kappa shape index (κ3) is 3.45. The Morgan fingerprint density at radius 1 is 1.26 bits per heavy atom. The van der Waals surface area contributed by atoms with Crippen LogP contribution in [0, 0.1) is 16.3 Å². The molecule has 0 aromatic heterocycles. The molecule has 2 aromatic rings. The Balaban J connectivity index is 2.23. The van der Waals surface area contributed by atoms with Crippen molar-refractivity contribution in [2.24, 2.45) is 0 Å². The second-order valence-corrected chi connectivity index (χ2v) is 5.64. The number of anilines is 1. The molecule has 19 heavy (non-hydrogen) atoms. The first kappa shape index (κ1) is 14.3. The number of halogens is 3. The van der Waals surface area contributed by atoms with E-state index in [4.69, 9.17) is 11.6 Å². The molecule has 0 heterocycles. The summed E-state index contributed by atoms with van der Waals surface area (Å²) in [5.74, 6) is -0.632. The molecular weight excluding hydrogens is 380 g/mol. The molecule has 1 amide bonds. The molecule has 0 aliphatic rings. The molecule has 0 saturated heterocycles. The molecule has 0 aliphatic heterocycles. The molecule has 5 heteroatoms. The second-order valence-electron chi connectivity index (χ2n) is 4.04. The number of aryl methyl sites for hydroxylation is 1. The van der Waals surface area contributed by atoms with Crippen molar-refractivity contribution >= 4 is 45.8 Å². The molecule has 0 unspecified atom stereocenters. The number of carbonyl (C=O) groups is 1. The molecule has 2 aromatic carbocycles. The van der Waals surface area contributed by atoms with E-state index in [1.54, 1.807) is 37.3 Å². The fourth-order valence-electron chi connectivity index (χ4n) is 1.54. The number of hydrogen-bond acceptors (Lipinski definition) is 1. The first-order valence-corrected chi connectivity index (χ1v) is 6.95. The van der Waals surface area contributed by atoms with E-state index < -0.39 is 0 Å². The average molecular weight is 390 g/mol. The molecule has 0 bridgehead atoms. The molecule has 0 fully saturated rings. The van der Waals surface area contributed by atoms with E-state index in [1.165, 1.54) is 6.07 Å². The van der Waals surface area contributed by atoms with Gasteiger partial charge in [0.1, 0.15) is 5.82 Å². The largest absolute Gasteiger partial charge is 0.322 e. The lowest BCUT2D eigenvalue weighted by Crippen LogP contribution is -2.13. The van der Waals surface area contributed by atoms with Crippen LogP contribution in [0.1, 0.15) is 15.9 Å². The lowest BCUT2D eigenvalue weighted by Gasteiger charge is -2.08. The fourth-order valence-corrected chi connectivity index (χ4v) is 2.66. The minimum absolute atomic E-state index is 0.288. The maximum atomic E-state index is 13.4. The van der Waals surface area contributed by atoms with E-state index in [0.717, 1.165) is 3.57 Å². The zero-order chi connectivity index (χ0) is 14.0. The maximum Gasteiger partial charge on any atom is 0.256 e. The van der Waals surface area contributed by atoms with Crippen LogP contribution in [-0.2, 0) is 0 Å². The van der Waals surface area contributed by atoms with Crippen molar-refractivity contribution in [3.63, 3.8) is 0 Å². The van der Waals surface area contributed by atoms with Gasteiger partial charge in [-0.2, -0.15) is 0 Å². The summed E-state index contributed by atoms with van der Waals surface area (Å²) >= 11 is 7.87. The number of nitrogens with one attached hydrogen (secondary N) is 1. The summed E-state index contributed by atoms with van der Waals surface area (Å²) in [4.78, 5) is 12.1. The van der Waals surface area contributed by atoms with Gasteiger partial charge >= 0.3 is 0 Å². The Kier molecular flexibility index (Phi) is 4.42. The molecule has 0 atom stereocenters. The van der Waals surface area contributed by atoms with Gasteiger partial charge in [-0.3, -0.25) is 4.79 Å². The lowest BCUT2D eigenvalue weighted by molar-refractivity contribution is 0.102. The van der Waals surface area contributed by atoms with Gasteiger partial charge < -0.3 is 5.32 Å². The van der Waals surface area contributed by atoms with E-state index >= 15 is 0 Å². The van der Waals surface area contributed by atoms with Gasteiger partial charge in [0, 0.05) is 14.3 Å². The van der Waals surface area contributed by atoms with E-state index in [1.807, 2.05) is 22.6 Å². The monoisotopic (exact) mass is 389 g/mol. The van der Waals surface area contributed by atoms with Crippen molar-refractivity contribution in [3.05, 3.63) is 61.9 Å². The number of rotatable bonds is 2. The molecule has 98 valence electrons. The second kappa shape index (κ2) is 5.88. The normalized spacial score (nSPS) is 10.3. The minimum atomic E-state index is -0.344. The van der Waals surface area contributed by atoms with Crippen LogP contribution in [-0.4, -0.2) is 5.91 Å². The SMILES string of the molecule is Cc1ccc(NC(=O)c2ccc(Cl)cc2I)cc1F. The standard InChI is InChI=1S/C14H10ClFINO/c1-8-2-4-10(7-12(8)16)18-14(19)11-5-3-9(15)6-13(11)17/h2-7H,1H3,(H,18,19). The van der Waals surface area contributed by atoms with Crippen molar-refractivity contribution in [3.8, 4) is 0 Å². The number of amides is 1. The van der Waals surface area contributed by atoms with Crippen LogP contribution in [0.25, 0.3) is 0 Å². The predicted octanol–water partition coefficient (Wildman–Crippen LogP) is 4.64. The molecule has 0 radical (unpaired) electrons. The molecule has 0 saturated carbocycles. The molecule has 0 spiro atoms. The zero-order valence-corrected chi connectivity index (χ0v) is 12.9. The first-order valence-electron chi connectivity index (χ1n) is 5.50. The van der Waals surface area contributed by atoms with Gasteiger partial charge in [0.25, 0.3) is 5.91 Å². The van der Waals surface area contributed by atoms with E-state index in [9.17, 15) is 9.18 Å². The lowest BCUT2D eigenvalue weighted by atomic mass is 10.2. The predicted molar refractivity (Wildman–Crippen MR) is 83.3 cm³/mol. The van der Waals surface area contributed by atoms with Crippen LogP contribution in [0.2, 0.25) is 5.02 Å². The van der Waals surface area contributed by atoms with Crippen LogP contribution in [0.4, 0.5) is 10.1 Å². The highest BCUT2D eigenvalue weighted by molar-refractivity contribution is 14.1. The van der Waals surface area contributed by atoms with Crippen LogP contribution >= 0.6 is 34.2 Å². The third-order valence-electron chi connectivity index (χ3n) is 2.61. The van der Waals surface area contributed by atoms with Crippen molar-refractivity contribution in [2.45, 2.75) is 6.92 Å². The topological polar surface area (TPSA) is 29.1 Å². The highest BCUT2D eigenvalue weighted by atomic mass is 127. The van der Waals surface area contributed by atoms with Crippen molar-refractivity contribution in [1.82, 2.24) is 0 Å². The smallest absolute Gasteiger partial charge is 0.256 e. The van der Waals surface area contributed by atoms with Gasteiger partial charge in [0.2, 0.25) is 0 Å². The van der Waals surface area contributed by atoms with Crippen LogP contribution in [0.3, 0.4) is 0 Å². The summed E-state index contributed by atoms with van der Waals surface area (Å²) in [6, 6.07) is 9.58. The Hall–Kier alpha value is -1.14. The highest BCUT2D eigenvalue weighted by Crippen LogP contribution is 2.20. The van der Waals surface area contributed by atoms with Gasteiger partial charge in [0.05, 0.1) is 5.56 Å². The molecular formula is C14H10ClFINO. The first-order chi connectivity index (χ1) is 8.97. The zero-order valence-electron chi connectivity index (χ0n) is 10.0. The number of carbonyl (C=O) groups excluding carboxylic acids is 1. The van der Waals surface area contributed by atoms with Gasteiger partial charge in [-0.25, -0.2) is 4.39 Å². The summed E-state index contributed by atoms with van der Waals surface area (Å²) < 4.78 is 14.1. The Labute approximate surface area is 129 Å². The van der Waals surface area contributed by atoms with Gasteiger partial charge in [-0.15, -0.1) is 0 Å². The van der Waals surface area contributed by atoms with E-state index in [-0.39, 0.29) is 11.7 Å². The third-order valence-corrected chi connectivity index (χ3v) is 3.73. The quantitative estimate of drug-likeness (QED) is 0.745. The summed E-state index contributed by atoms with van der Waals surface area (Å²) in [6.07, 6.45) is 0. The highest BCUT2D eigenvalue weighted by Gasteiger charge is 2.11. The van der Waals surface area contributed by atoms with Crippen LogP contribution in [0.15, 0.2) is 36.4 Å². The molecule has 0 aliphatic carbocycles. The van der Waals surface area contributed by atoms with E-state index in [2.05, 4.69) is 5.32 Å². The summed E-state index contributed by atoms with van der Waals surface area (Å²) in [5, 5.41) is 3.23. The number of benzene rings is 2. The van der Waals surface area contributed by atoms with Gasteiger partial charge in [-0.05, 0) is 65.4 Å². The van der Waals surface area contributed by atoms with Gasteiger partial charge in [0.15, 0.2) is 0 Å². The summed E-state index contributed by atoms with van der Waals surface area (Å²) in [7, 11) is 0. The average Bonchev–Trinajstić information content (AvgIpc) is 2.33. The number of hydrogen-bond donors (Lipinski definition) is 1. The fraction of sp³-hybridized carbons (Fsp3) is 0.0714. The van der Waals surface area contributed by atoms with Crippen molar-refractivity contribution in [1.29, 1.82) is 0 Å². The Bertz CT molecular complexity index is 645. The van der Waals surface area contributed by atoms with Crippen LogP contribution < -0.4 is 5.32 Å². The van der Waals surface area contributed by atoms with Crippen molar-refractivity contribution < 1.29 is 9.18 Å². The minimum Gasteiger partial charge on any atom is -0.322 e.